The van der Waals surface area contributed by atoms with Gasteiger partial charge in [-0.1, -0.05) is 0 Å². The topological polar surface area (TPSA) is 76.7 Å². The van der Waals surface area contributed by atoms with Crippen molar-refractivity contribution in [2.45, 2.75) is 26.9 Å². The summed E-state index contributed by atoms with van der Waals surface area (Å²) in [6.45, 7) is 5.68. The van der Waals surface area contributed by atoms with Crippen molar-refractivity contribution in [3.63, 3.8) is 0 Å². The molecule has 0 atom stereocenters. The first kappa shape index (κ1) is 19.3. The van der Waals surface area contributed by atoms with Gasteiger partial charge in [-0.15, -0.1) is 0 Å². The quantitative estimate of drug-likeness (QED) is 0.832. The van der Waals surface area contributed by atoms with Gasteiger partial charge in [0.2, 0.25) is 0 Å². The van der Waals surface area contributed by atoms with Gasteiger partial charge in [-0.2, -0.15) is 0 Å². The number of aryl methyl sites for hydroxylation is 1. The second kappa shape index (κ2) is 8.38. The van der Waals surface area contributed by atoms with Crippen molar-refractivity contribution < 1.29 is 19.1 Å². The van der Waals surface area contributed by atoms with Crippen molar-refractivity contribution >= 4 is 17.5 Å². The Morgan fingerprint density at radius 3 is 2.19 bits per heavy atom. The Balaban J connectivity index is 2.21. The zero-order valence-electron chi connectivity index (χ0n) is 15.7. The lowest BCUT2D eigenvalue weighted by molar-refractivity contribution is 0.0962. The number of carbonyl (C=O) groups excluding carboxylic acids is 2. The maximum Gasteiger partial charge on any atom is 0.255 e. The molecule has 2 N–H and O–H groups in total. The van der Waals surface area contributed by atoms with Crippen LogP contribution in [0.25, 0.3) is 0 Å². The summed E-state index contributed by atoms with van der Waals surface area (Å²) in [5, 5.41) is 5.43. The number of carbonyl (C=O) groups is 2. The molecule has 0 aliphatic heterocycles. The van der Waals surface area contributed by atoms with Crippen molar-refractivity contribution in [3.8, 4) is 11.5 Å². The summed E-state index contributed by atoms with van der Waals surface area (Å²) in [5.74, 6) is 0.648. The Morgan fingerprint density at radius 2 is 1.62 bits per heavy atom. The zero-order valence-corrected chi connectivity index (χ0v) is 15.7. The molecule has 0 bridgehead atoms. The molecule has 6 nitrogen and oxygen atoms in total. The fraction of sp³-hybridized carbons (Fsp3) is 0.300. The first-order chi connectivity index (χ1) is 12.3. The van der Waals surface area contributed by atoms with Crippen molar-refractivity contribution in [3.05, 3.63) is 53.1 Å². The van der Waals surface area contributed by atoms with Crippen LogP contribution < -0.4 is 20.1 Å². The standard InChI is InChI=1S/C20H24N2O4/c1-12(2)26-17-9-7-15(11-18(17)25-5)20(24)22-16-8-6-14(10-13(16)3)19(23)21-4/h6-12H,1-5H3,(H,21,23)(H,22,24). The molecule has 2 rings (SSSR count). The number of anilines is 1. The van der Waals surface area contributed by atoms with Crippen LogP contribution in [-0.4, -0.2) is 32.1 Å². The first-order valence-electron chi connectivity index (χ1n) is 8.34. The molecule has 2 aromatic carbocycles. The largest absolute Gasteiger partial charge is 0.493 e. The van der Waals surface area contributed by atoms with E-state index in [-0.39, 0.29) is 17.9 Å². The van der Waals surface area contributed by atoms with Gasteiger partial charge in [0, 0.05) is 23.9 Å². The number of nitrogens with one attached hydrogen (secondary N) is 2. The third kappa shape index (κ3) is 4.53. The van der Waals surface area contributed by atoms with E-state index in [2.05, 4.69) is 10.6 Å². The number of amides is 2. The molecular weight excluding hydrogens is 332 g/mol. The minimum absolute atomic E-state index is 0.00469. The first-order valence-corrected chi connectivity index (χ1v) is 8.34. The molecule has 0 aromatic heterocycles. The Hall–Kier alpha value is -3.02. The van der Waals surface area contributed by atoms with Crippen molar-refractivity contribution in [1.82, 2.24) is 5.32 Å². The van der Waals surface area contributed by atoms with Crippen LogP contribution in [0.3, 0.4) is 0 Å². The molecule has 0 spiro atoms. The summed E-state index contributed by atoms with van der Waals surface area (Å²) in [7, 11) is 3.11. The van der Waals surface area contributed by atoms with Crippen LogP contribution in [0.2, 0.25) is 0 Å². The van der Waals surface area contributed by atoms with E-state index in [1.54, 1.807) is 43.4 Å². The fourth-order valence-electron chi connectivity index (χ4n) is 2.44. The lowest BCUT2D eigenvalue weighted by Crippen LogP contribution is -2.18. The number of methoxy groups -OCH3 is 1. The summed E-state index contributed by atoms with van der Waals surface area (Å²) < 4.78 is 11.0. The van der Waals surface area contributed by atoms with Crippen LogP contribution in [0.15, 0.2) is 36.4 Å². The molecule has 138 valence electrons. The van der Waals surface area contributed by atoms with E-state index in [9.17, 15) is 9.59 Å². The third-order valence-corrected chi connectivity index (χ3v) is 3.75. The predicted octanol–water partition coefficient (Wildman–Crippen LogP) is 3.40. The highest BCUT2D eigenvalue weighted by molar-refractivity contribution is 6.05. The van der Waals surface area contributed by atoms with Crippen LogP contribution in [0.1, 0.15) is 40.1 Å². The molecular formula is C20H24N2O4. The molecule has 0 aliphatic carbocycles. The van der Waals surface area contributed by atoms with E-state index < -0.39 is 0 Å². The van der Waals surface area contributed by atoms with Gasteiger partial charge in [0.1, 0.15) is 0 Å². The molecule has 6 heteroatoms. The summed E-state index contributed by atoms with van der Waals surface area (Å²) in [5.41, 5.74) is 2.43. The summed E-state index contributed by atoms with van der Waals surface area (Å²) in [4.78, 5) is 24.2. The van der Waals surface area contributed by atoms with Gasteiger partial charge in [0.05, 0.1) is 13.2 Å². The van der Waals surface area contributed by atoms with Crippen LogP contribution in [0.4, 0.5) is 5.69 Å². The zero-order chi connectivity index (χ0) is 19.3. The number of rotatable bonds is 6. The van der Waals surface area contributed by atoms with E-state index >= 15 is 0 Å². The molecule has 0 aliphatic rings. The van der Waals surface area contributed by atoms with Crippen molar-refractivity contribution in [2.24, 2.45) is 0 Å². The molecule has 0 saturated heterocycles. The summed E-state index contributed by atoms with van der Waals surface area (Å²) in [6, 6.07) is 10.2. The smallest absolute Gasteiger partial charge is 0.255 e. The van der Waals surface area contributed by atoms with Crippen molar-refractivity contribution in [2.75, 3.05) is 19.5 Å². The Kier molecular flexibility index (Phi) is 6.22. The fourth-order valence-corrected chi connectivity index (χ4v) is 2.44. The Bertz CT molecular complexity index is 815. The second-order valence-corrected chi connectivity index (χ2v) is 6.10. The van der Waals surface area contributed by atoms with Crippen molar-refractivity contribution in [1.29, 1.82) is 0 Å². The molecule has 2 amide bonds. The summed E-state index contributed by atoms with van der Waals surface area (Å²) in [6.07, 6.45) is 0.00469. The van der Waals surface area contributed by atoms with Gasteiger partial charge < -0.3 is 20.1 Å². The van der Waals surface area contributed by atoms with Gasteiger partial charge in [-0.25, -0.2) is 0 Å². The van der Waals surface area contributed by atoms with Crippen LogP contribution >= 0.6 is 0 Å². The van der Waals surface area contributed by atoms with Gasteiger partial charge in [0.25, 0.3) is 11.8 Å². The molecule has 26 heavy (non-hydrogen) atoms. The molecule has 0 fully saturated rings. The highest BCUT2D eigenvalue weighted by Gasteiger charge is 2.14. The van der Waals surface area contributed by atoms with E-state index in [0.29, 0.717) is 28.3 Å². The average Bonchev–Trinajstić information content (AvgIpc) is 2.62. The average molecular weight is 356 g/mol. The lowest BCUT2D eigenvalue weighted by Gasteiger charge is -2.15. The van der Waals surface area contributed by atoms with E-state index in [1.165, 1.54) is 7.11 Å². The number of hydrogen-bond acceptors (Lipinski definition) is 4. The molecule has 0 heterocycles. The maximum atomic E-state index is 12.6. The number of hydrogen-bond donors (Lipinski definition) is 2. The van der Waals surface area contributed by atoms with Crippen LogP contribution in [-0.2, 0) is 0 Å². The molecule has 0 saturated carbocycles. The van der Waals surface area contributed by atoms with E-state index in [4.69, 9.17) is 9.47 Å². The highest BCUT2D eigenvalue weighted by Crippen LogP contribution is 2.29. The highest BCUT2D eigenvalue weighted by atomic mass is 16.5. The van der Waals surface area contributed by atoms with Gasteiger partial charge in [-0.05, 0) is 62.7 Å². The van der Waals surface area contributed by atoms with Crippen LogP contribution in [0.5, 0.6) is 11.5 Å². The maximum absolute atomic E-state index is 12.6. The Morgan fingerprint density at radius 1 is 0.962 bits per heavy atom. The monoisotopic (exact) mass is 356 g/mol. The minimum atomic E-state index is -0.268. The van der Waals surface area contributed by atoms with Gasteiger partial charge in [-0.3, -0.25) is 9.59 Å². The van der Waals surface area contributed by atoms with E-state index in [1.807, 2.05) is 20.8 Å². The summed E-state index contributed by atoms with van der Waals surface area (Å²) >= 11 is 0. The Labute approximate surface area is 153 Å². The van der Waals surface area contributed by atoms with E-state index in [0.717, 1.165) is 5.56 Å². The normalized spacial score (nSPS) is 10.4. The minimum Gasteiger partial charge on any atom is -0.493 e. The van der Waals surface area contributed by atoms with Gasteiger partial charge >= 0.3 is 0 Å². The number of benzene rings is 2. The molecule has 0 unspecified atom stereocenters. The predicted molar refractivity (Wildman–Crippen MR) is 101 cm³/mol. The molecule has 2 aromatic rings. The number of ether oxygens (including phenoxy) is 2. The SMILES string of the molecule is CNC(=O)c1ccc(NC(=O)c2ccc(OC(C)C)c(OC)c2)c(C)c1. The van der Waals surface area contributed by atoms with Gasteiger partial charge in [0.15, 0.2) is 11.5 Å². The lowest BCUT2D eigenvalue weighted by atomic mass is 10.1. The van der Waals surface area contributed by atoms with Crippen LogP contribution in [0, 0.1) is 6.92 Å². The molecule has 0 radical (unpaired) electrons. The second-order valence-electron chi connectivity index (χ2n) is 6.10. The third-order valence-electron chi connectivity index (χ3n) is 3.75.